The Morgan fingerprint density at radius 3 is 2.33 bits per heavy atom. The standard InChI is InChI=1S/C13H15FOS3/c1-13(2,3)18-12(16)17-8-11(15)9-4-6-10(14)7-5-9/h4-7H,8H2,1-3H3. The molecule has 0 spiro atoms. The molecule has 0 fully saturated rings. The maximum Gasteiger partial charge on any atom is 0.173 e. The molecule has 0 bridgehead atoms. The van der Waals surface area contributed by atoms with E-state index in [0.29, 0.717) is 11.3 Å². The maximum absolute atomic E-state index is 12.7. The molecule has 0 heterocycles. The average molecular weight is 302 g/mol. The Balaban J connectivity index is 2.47. The van der Waals surface area contributed by atoms with Crippen molar-refractivity contribution in [2.45, 2.75) is 25.5 Å². The van der Waals surface area contributed by atoms with E-state index in [9.17, 15) is 9.18 Å². The van der Waals surface area contributed by atoms with Gasteiger partial charge in [-0.2, -0.15) is 0 Å². The third-order valence-electron chi connectivity index (χ3n) is 1.88. The molecule has 1 nitrogen and oxygen atoms in total. The number of thioether (sulfide) groups is 2. The molecule has 0 saturated carbocycles. The second-order valence-electron chi connectivity index (χ2n) is 4.68. The molecule has 1 aromatic rings. The predicted molar refractivity (Wildman–Crippen MR) is 83.1 cm³/mol. The summed E-state index contributed by atoms with van der Waals surface area (Å²) in [7, 11) is 0. The summed E-state index contributed by atoms with van der Waals surface area (Å²) >= 11 is 8.15. The molecule has 0 saturated heterocycles. The number of halogens is 1. The monoisotopic (exact) mass is 302 g/mol. The van der Waals surface area contributed by atoms with Crippen molar-refractivity contribution in [1.82, 2.24) is 0 Å². The molecule has 0 N–H and O–H groups in total. The Hall–Kier alpha value is -0.390. The minimum absolute atomic E-state index is 0.0307. The highest BCUT2D eigenvalue weighted by Crippen LogP contribution is 2.30. The van der Waals surface area contributed by atoms with Crippen molar-refractivity contribution >= 4 is 45.1 Å². The van der Waals surface area contributed by atoms with E-state index in [0.717, 1.165) is 3.53 Å². The van der Waals surface area contributed by atoms with Crippen LogP contribution in [0.4, 0.5) is 4.39 Å². The molecule has 0 radical (unpaired) electrons. The smallest absolute Gasteiger partial charge is 0.173 e. The first-order chi connectivity index (χ1) is 8.28. The highest BCUT2D eigenvalue weighted by molar-refractivity contribution is 8.47. The van der Waals surface area contributed by atoms with Gasteiger partial charge < -0.3 is 0 Å². The predicted octanol–water partition coefficient (Wildman–Crippen LogP) is 4.56. The normalized spacial score (nSPS) is 11.3. The minimum Gasteiger partial charge on any atom is -0.293 e. The fraction of sp³-hybridized carbons (Fsp3) is 0.385. The van der Waals surface area contributed by atoms with Gasteiger partial charge >= 0.3 is 0 Å². The topological polar surface area (TPSA) is 17.1 Å². The molecule has 0 atom stereocenters. The van der Waals surface area contributed by atoms with Crippen molar-refractivity contribution in [2.75, 3.05) is 5.75 Å². The van der Waals surface area contributed by atoms with Gasteiger partial charge in [0.15, 0.2) is 5.78 Å². The van der Waals surface area contributed by atoms with E-state index < -0.39 is 0 Å². The Labute approximate surface area is 121 Å². The van der Waals surface area contributed by atoms with Gasteiger partial charge in [-0.25, -0.2) is 4.39 Å². The first-order valence-corrected chi connectivity index (χ1v) is 7.63. The number of thiocarbonyl (C=S) groups is 1. The van der Waals surface area contributed by atoms with Crippen LogP contribution >= 0.6 is 35.7 Å². The fourth-order valence-corrected chi connectivity index (χ4v) is 4.13. The van der Waals surface area contributed by atoms with Crippen LogP contribution in [0.3, 0.4) is 0 Å². The van der Waals surface area contributed by atoms with Crippen molar-refractivity contribution in [3.8, 4) is 0 Å². The maximum atomic E-state index is 12.7. The Bertz CT molecular complexity index is 435. The van der Waals surface area contributed by atoms with Gasteiger partial charge in [-0.1, -0.05) is 44.8 Å². The van der Waals surface area contributed by atoms with Crippen LogP contribution in [-0.4, -0.2) is 19.8 Å². The minimum atomic E-state index is -0.335. The summed E-state index contributed by atoms with van der Waals surface area (Å²) < 4.78 is 13.5. The van der Waals surface area contributed by atoms with E-state index >= 15 is 0 Å². The number of rotatable bonds is 3. The molecular weight excluding hydrogens is 287 g/mol. The van der Waals surface area contributed by atoms with Crippen LogP contribution in [0.5, 0.6) is 0 Å². The molecule has 0 aliphatic carbocycles. The van der Waals surface area contributed by atoms with Crippen molar-refractivity contribution < 1.29 is 9.18 Å². The molecule has 1 aromatic carbocycles. The molecule has 1 rings (SSSR count). The van der Waals surface area contributed by atoms with Gasteiger partial charge in [0, 0.05) is 10.3 Å². The summed E-state index contributed by atoms with van der Waals surface area (Å²) in [6, 6.07) is 5.58. The number of ketones is 1. The lowest BCUT2D eigenvalue weighted by molar-refractivity contribution is 0.102. The number of Topliss-reactive ketones (excluding diaryl/α,β-unsaturated/α-hetero) is 1. The van der Waals surface area contributed by atoms with Crippen molar-refractivity contribution in [3.05, 3.63) is 35.6 Å². The van der Waals surface area contributed by atoms with Gasteiger partial charge in [-0.15, -0.1) is 11.8 Å². The summed E-state index contributed by atoms with van der Waals surface area (Å²) in [5, 5.41) is 0. The van der Waals surface area contributed by atoms with Gasteiger partial charge in [0.05, 0.1) is 5.75 Å². The van der Waals surface area contributed by atoms with Crippen LogP contribution in [0.15, 0.2) is 24.3 Å². The number of hydrogen-bond donors (Lipinski definition) is 0. The number of hydrogen-bond acceptors (Lipinski definition) is 4. The van der Waals surface area contributed by atoms with E-state index in [1.54, 1.807) is 11.8 Å². The average Bonchev–Trinajstić information content (AvgIpc) is 2.24. The highest BCUT2D eigenvalue weighted by Gasteiger charge is 2.15. The second-order valence-corrected chi connectivity index (χ2v) is 8.69. The number of benzene rings is 1. The van der Waals surface area contributed by atoms with Gasteiger partial charge in [0.2, 0.25) is 0 Å². The molecule has 18 heavy (non-hydrogen) atoms. The van der Waals surface area contributed by atoms with Crippen LogP contribution in [0, 0.1) is 5.82 Å². The molecule has 0 unspecified atom stereocenters. The lowest BCUT2D eigenvalue weighted by atomic mass is 10.1. The number of carbonyl (C=O) groups is 1. The molecule has 0 amide bonds. The van der Waals surface area contributed by atoms with Gasteiger partial charge in [-0.05, 0) is 24.3 Å². The van der Waals surface area contributed by atoms with Crippen molar-refractivity contribution in [1.29, 1.82) is 0 Å². The SMILES string of the molecule is CC(C)(C)SC(=S)SCC(=O)c1ccc(F)cc1. The van der Waals surface area contributed by atoms with Crippen LogP contribution in [0.25, 0.3) is 0 Å². The first-order valence-electron chi connectivity index (χ1n) is 5.42. The van der Waals surface area contributed by atoms with Crippen molar-refractivity contribution in [2.24, 2.45) is 0 Å². The van der Waals surface area contributed by atoms with E-state index in [1.807, 2.05) is 0 Å². The molecule has 0 aromatic heterocycles. The second kappa shape index (κ2) is 6.68. The fourth-order valence-electron chi connectivity index (χ4n) is 1.12. The summed E-state index contributed by atoms with van der Waals surface area (Å²) in [6.45, 7) is 6.23. The summed E-state index contributed by atoms with van der Waals surface area (Å²) in [5.74, 6) is -0.0667. The van der Waals surface area contributed by atoms with Crippen LogP contribution < -0.4 is 0 Å². The zero-order valence-corrected chi connectivity index (χ0v) is 13.0. The lowest BCUT2D eigenvalue weighted by Gasteiger charge is -2.17. The van der Waals surface area contributed by atoms with E-state index in [2.05, 4.69) is 20.8 Å². The molecule has 5 heteroatoms. The Morgan fingerprint density at radius 1 is 1.28 bits per heavy atom. The van der Waals surface area contributed by atoms with Crippen LogP contribution in [0.2, 0.25) is 0 Å². The quantitative estimate of drug-likeness (QED) is 0.601. The third kappa shape index (κ3) is 5.98. The van der Waals surface area contributed by atoms with Crippen LogP contribution in [-0.2, 0) is 0 Å². The highest BCUT2D eigenvalue weighted by atomic mass is 32.2. The van der Waals surface area contributed by atoms with E-state index in [4.69, 9.17) is 12.2 Å². The molecule has 0 aliphatic heterocycles. The molecular formula is C13H15FOS3. The molecule has 98 valence electrons. The van der Waals surface area contributed by atoms with Gasteiger partial charge in [0.25, 0.3) is 0 Å². The van der Waals surface area contributed by atoms with Crippen LogP contribution in [0.1, 0.15) is 31.1 Å². The van der Waals surface area contributed by atoms with Gasteiger partial charge in [-0.3, -0.25) is 4.79 Å². The zero-order chi connectivity index (χ0) is 13.8. The lowest BCUT2D eigenvalue weighted by Crippen LogP contribution is -2.10. The Kier molecular flexibility index (Phi) is 5.82. The largest absolute Gasteiger partial charge is 0.293 e. The molecule has 0 aliphatic rings. The number of carbonyl (C=O) groups excluding carboxylic acids is 1. The van der Waals surface area contributed by atoms with E-state index in [1.165, 1.54) is 36.0 Å². The Morgan fingerprint density at radius 2 is 1.83 bits per heavy atom. The van der Waals surface area contributed by atoms with E-state index in [-0.39, 0.29) is 16.3 Å². The summed E-state index contributed by atoms with van der Waals surface area (Å²) in [6.07, 6.45) is 0. The zero-order valence-electron chi connectivity index (χ0n) is 10.5. The van der Waals surface area contributed by atoms with Crippen molar-refractivity contribution in [3.63, 3.8) is 0 Å². The van der Waals surface area contributed by atoms with Gasteiger partial charge in [0.1, 0.15) is 9.35 Å². The summed E-state index contributed by atoms with van der Waals surface area (Å²) in [5.41, 5.74) is 0.521. The first kappa shape index (κ1) is 15.7. The summed E-state index contributed by atoms with van der Waals surface area (Å²) in [4.78, 5) is 11.8. The third-order valence-corrected chi connectivity index (χ3v) is 4.51.